The topological polar surface area (TPSA) is 151 Å². The van der Waals surface area contributed by atoms with Crippen LogP contribution in [0.25, 0.3) is 5.82 Å². The lowest BCUT2D eigenvalue weighted by Gasteiger charge is -2.28. The summed E-state index contributed by atoms with van der Waals surface area (Å²) in [6, 6.07) is 9.55. The van der Waals surface area contributed by atoms with Gasteiger partial charge in [0.15, 0.2) is 5.82 Å². The predicted molar refractivity (Wildman–Crippen MR) is 134 cm³/mol. The molecule has 12 nitrogen and oxygen atoms in total. The minimum absolute atomic E-state index is 0.0575. The fraction of sp³-hybridized carbons (Fsp3) is 0.280. The van der Waals surface area contributed by atoms with Crippen LogP contribution in [-0.2, 0) is 4.89 Å². The van der Waals surface area contributed by atoms with Crippen molar-refractivity contribution < 1.29 is 24.2 Å². The van der Waals surface area contributed by atoms with Crippen molar-refractivity contribution in [2.75, 3.05) is 18.4 Å². The first-order valence-electron chi connectivity index (χ1n) is 11.9. The first kappa shape index (κ1) is 25.0. The summed E-state index contributed by atoms with van der Waals surface area (Å²) in [6.07, 6.45) is 3.42. The first-order chi connectivity index (χ1) is 18.3. The lowest BCUT2D eigenvalue weighted by molar-refractivity contribution is -0.161. The molecule has 2 aromatic heterocycles. The van der Waals surface area contributed by atoms with Crippen LogP contribution in [0.5, 0.6) is 5.88 Å². The van der Waals surface area contributed by atoms with Crippen LogP contribution < -0.4 is 15.5 Å². The molecule has 0 spiro atoms. The molecule has 13 heteroatoms. The van der Waals surface area contributed by atoms with Crippen molar-refractivity contribution in [2.45, 2.75) is 32.2 Å². The molecule has 1 aliphatic carbocycles. The summed E-state index contributed by atoms with van der Waals surface area (Å²) >= 11 is 6.31. The zero-order valence-corrected chi connectivity index (χ0v) is 21.0. The number of carbonyl (C=O) groups excluding carboxylic acids is 3. The van der Waals surface area contributed by atoms with E-state index < -0.39 is 17.9 Å². The molecule has 1 saturated carbocycles. The molecule has 2 fully saturated rings. The Morgan fingerprint density at radius 3 is 2.63 bits per heavy atom. The van der Waals surface area contributed by atoms with E-state index in [9.17, 15) is 19.6 Å². The van der Waals surface area contributed by atoms with Crippen LogP contribution >= 0.6 is 11.6 Å². The van der Waals surface area contributed by atoms with Crippen LogP contribution in [0.3, 0.4) is 0 Å². The molecule has 0 bridgehead atoms. The van der Waals surface area contributed by atoms with Crippen molar-refractivity contribution in [3.8, 4) is 17.8 Å². The summed E-state index contributed by atoms with van der Waals surface area (Å²) in [5.74, 6) is -1.12. The molecule has 3 heterocycles. The smallest absolute Gasteiger partial charge is 0.349 e. The Bertz CT molecular complexity index is 1470. The Morgan fingerprint density at radius 2 is 1.97 bits per heavy atom. The summed E-state index contributed by atoms with van der Waals surface area (Å²) in [4.78, 5) is 54.1. The largest absolute Gasteiger partial charge is 0.452 e. The Kier molecular flexibility index (Phi) is 6.85. The lowest BCUT2D eigenvalue weighted by atomic mass is 10.0. The maximum atomic E-state index is 13.5. The molecule has 194 valence electrons. The Hall–Kier alpha value is -4.63. The normalized spacial score (nSPS) is 14.2. The minimum atomic E-state index is -0.674. The van der Waals surface area contributed by atoms with Crippen molar-refractivity contribution in [2.24, 2.45) is 0 Å². The molecule has 1 aliphatic heterocycles. The molecular formula is C25H22ClN7O5. The van der Waals surface area contributed by atoms with Crippen molar-refractivity contribution in [1.29, 1.82) is 5.26 Å². The van der Waals surface area contributed by atoms with Crippen molar-refractivity contribution in [1.82, 2.24) is 25.0 Å². The van der Waals surface area contributed by atoms with Crippen molar-refractivity contribution >= 4 is 35.2 Å². The van der Waals surface area contributed by atoms with Gasteiger partial charge >= 0.3 is 6.09 Å². The molecule has 0 atom stereocenters. The number of hydrogen-bond acceptors (Lipinski definition) is 8. The van der Waals surface area contributed by atoms with Gasteiger partial charge in [-0.15, -0.1) is 5.10 Å². The summed E-state index contributed by atoms with van der Waals surface area (Å²) in [6.45, 7) is 2.81. The highest BCUT2D eigenvalue weighted by Gasteiger charge is 2.28. The van der Waals surface area contributed by atoms with E-state index in [0.29, 0.717) is 18.7 Å². The zero-order chi connectivity index (χ0) is 26.8. The van der Waals surface area contributed by atoms with Gasteiger partial charge in [0.1, 0.15) is 5.69 Å². The second kappa shape index (κ2) is 10.4. The van der Waals surface area contributed by atoms with Gasteiger partial charge in [-0.1, -0.05) is 11.6 Å². The number of nitrogens with one attached hydrogen (secondary N) is 2. The summed E-state index contributed by atoms with van der Waals surface area (Å²) < 4.78 is 1.15. The fourth-order valence-electron chi connectivity index (χ4n) is 3.75. The molecule has 2 N–H and O–H groups in total. The van der Waals surface area contributed by atoms with Gasteiger partial charge in [0.2, 0.25) is 0 Å². The number of hydrogen-bond donors (Lipinski definition) is 2. The zero-order valence-electron chi connectivity index (χ0n) is 20.2. The molecule has 0 unspecified atom stereocenters. The van der Waals surface area contributed by atoms with E-state index in [2.05, 4.69) is 20.7 Å². The first-order valence-corrected chi connectivity index (χ1v) is 12.2. The van der Waals surface area contributed by atoms with Crippen LogP contribution in [0, 0.1) is 18.3 Å². The highest BCUT2D eigenvalue weighted by atomic mass is 35.5. The molecule has 0 radical (unpaired) electrons. The third-order valence-corrected chi connectivity index (χ3v) is 6.33. The third kappa shape index (κ3) is 5.23. The Morgan fingerprint density at radius 1 is 1.18 bits per heavy atom. The van der Waals surface area contributed by atoms with Gasteiger partial charge in [0.05, 0.1) is 27.9 Å². The van der Waals surface area contributed by atoms with Crippen LogP contribution in [0.15, 0.2) is 36.5 Å². The van der Waals surface area contributed by atoms with E-state index in [0.717, 1.165) is 23.9 Å². The maximum Gasteiger partial charge on any atom is 0.452 e. The second-order valence-electron chi connectivity index (χ2n) is 8.89. The van der Waals surface area contributed by atoms with Crippen LogP contribution in [0.2, 0.25) is 5.02 Å². The number of nitriles is 1. The molecule has 1 saturated heterocycles. The molecule has 3 aromatic rings. The number of anilines is 1. The van der Waals surface area contributed by atoms with Gasteiger partial charge in [-0.3, -0.25) is 14.5 Å². The molecular weight excluding hydrogens is 514 g/mol. The highest BCUT2D eigenvalue weighted by molar-refractivity contribution is 6.32. The quantitative estimate of drug-likeness (QED) is 0.345. The third-order valence-electron chi connectivity index (χ3n) is 6.03. The number of rotatable bonds is 7. The van der Waals surface area contributed by atoms with Gasteiger partial charge in [0, 0.05) is 31.4 Å². The van der Waals surface area contributed by atoms with E-state index in [1.54, 1.807) is 25.1 Å². The molecule has 2 aliphatic rings. The van der Waals surface area contributed by atoms with Gasteiger partial charge in [-0.25, -0.2) is 19.3 Å². The Labute approximate surface area is 222 Å². The standard InChI is InChI=1S/C25H22ClN7O5/c1-14-10-15(13-27)11-17(23(34)29-16-5-6-16)21(14)30-24(35)19-12-20(37-38-25(36)32-8-3-9-32)31-33(19)22-18(26)4-2-7-28-22/h2,4,7,10-12,16H,3,5-6,8-9H2,1H3,(H,29,34)(H,30,35). The van der Waals surface area contributed by atoms with E-state index >= 15 is 0 Å². The number of nitrogens with zero attached hydrogens (tertiary/aromatic N) is 5. The maximum absolute atomic E-state index is 13.5. The van der Waals surface area contributed by atoms with Gasteiger partial charge in [0.25, 0.3) is 17.7 Å². The molecule has 5 rings (SSSR count). The number of aryl methyl sites for hydroxylation is 1. The average molecular weight is 536 g/mol. The number of halogens is 1. The van der Waals surface area contributed by atoms with Gasteiger partial charge in [-0.05, 0) is 56.0 Å². The molecule has 3 amide bonds. The van der Waals surface area contributed by atoms with Crippen LogP contribution in [0.1, 0.15) is 51.2 Å². The van der Waals surface area contributed by atoms with Crippen LogP contribution in [-0.4, -0.2) is 56.7 Å². The minimum Gasteiger partial charge on any atom is -0.349 e. The Balaban J connectivity index is 1.47. The molecule has 1 aromatic carbocycles. The van der Waals surface area contributed by atoms with Crippen LogP contribution in [0.4, 0.5) is 10.5 Å². The number of amides is 3. The number of pyridine rings is 1. The number of likely N-dealkylation sites (tertiary alicyclic amines) is 1. The van der Waals surface area contributed by atoms with Gasteiger partial charge in [-0.2, -0.15) is 5.26 Å². The van der Waals surface area contributed by atoms with E-state index in [-0.39, 0.29) is 45.3 Å². The van der Waals surface area contributed by atoms with Crippen molar-refractivity contribution in [3.05, 3.63) is 63.9 Å². The summed E-state index contributed by atoms with van der Waals surface area (Å²) in [5.41, 5.74) is 1.13. The fourth-order valence-corrected chi connectivity index (χ4v) is 3.95. The van der Waals surface area contributed by atoms with E-state index in [4.69, 9.17) is 21.4 Å². The monoisotopic (exact) mass is 535 g/mol. The summed E-state index contributed by atoms with van der Waals surface area (Å²) in [7, 11) is 0. The van der Waals surface area contributed by atoms with E-state index in [1.165, 1.54) is 23.2 Å². The number of benzene rings is 1. The summed E-state index contributed by atoms with van der Waals surface area (Å²) in [5, 5.41) is 19.4. The van der Waals surface area contributed by atoms with Crippen molar-refractivity contribution in [3.63, 3.8) is 0 Å². The van der Waals surface area contributed by atoms with Gasteiger partial charge < -0.3 is 15.5 Å². The number of carbonyl (C=O) groups is 3. The lowest BCUT2D eigenvalue weighted by Crippen LogP contribution is -2.42. The predicted octanol–water partition coefficient (Wildman–Crippen LogP) is 3.38. The SMILES string of the molecule is Cc1cc(C#N)cc(C(=O)NC2CC2)c1NC(=O)c1cc(OOC(=O)N2CCC2)nn1-c1ncccc1Cl. The highest BCUT2D eigenvalue weighted by Crippen LogP contribution is 2.28. The average Bonchev–Trinajstić information content (AvgIpc) is 3.58. The van der Waals surface area contributed by atoms with E-state index in [1.807, 2.05) is 6.07 Å². The number of aromatic nitrogens is 3. The molecule has 38 heavy (non-hydrogen) atoms. The second-order valence-corrected chi connectivity index (χ2v) is 9.30.